The van der Waals surface area contributed by atoms with Crippen molar-refractivity contribution in [1.82, 2.24) is 4.90 Å². The third kappa shape index (κ3) is 4.71. The molecule has 0 aromatic heterocycles. The highest BCUT2D eigenvalue weighted by Crippen LogP contribution is 2.16. The Kier molecular flexibility index (Phi) is 5.94. The maximum Gasteiger partial charge on any atom is 0.127 e. The zero-order valence-corrected chi connectivity index (χ0v) is 10.4. The lowest BCUT2D eigenvalue weighted by atomic mass is 10.2. The smallest absolute Gasteiger partial charge is 0.127 e. The zero-order chi connectivity index (χ0) is 12.7. The number of hydrogen-bond acceptors (Lipinski definition) is 3. The molecule has 0 radical (unpaired) electrons. The van der Waals surface area contributed by atoms with E-state index < -0.39 is 0 Å². The molecule has 0 fully saturated rings. The van der Waals surface area contributed by atoms with Crippen LogP contribution < -0.4 is 4.74 Å². The number of rotatable bonds is 7. The van der Waals surface area contributed by atoms with E-state index in [1.807, 2.05) is 0 Å². The van der Waals surface area contributed by atoms with Gasteiger partial charge in [-0.3, -0.25) is 0 Å². The second kappa shape index (κ2) is 7.25. The molecule has 1 aromatic carbocycles. The van der Waals surface area contributed by atoms with E-state index in [9.17, 15) is 4.39 Å². The fourth-order valence-electron chi connectivity index (χ4n) is 1.63. The van der Waals surface area contributed by atoms with Crippen LogP contribution in [0.15, 0.2) is 18.2 Å². The van der Waals surface area contributed by atoms with Gasteiger partial charge in [0, 0.05) is 12.6 Å². The van der Waals surface area contributed by atoms with Crippen molar-refractivity contribution in [2.45, 2.75) is 20.5 Å². The normalized spacial score (nSPS) is 10.9. The molecule has 0 heterocycles. The number of nitrogens with zero attached hydrogens (tertiary/aromatic N) is 1. The Morgan fingerprint density at radius 3 is 2.53 bits per heavy atom. The minimum absolute atomic E-state index is 0.176. The number of aliphatic hydroxyl groups excluding tert-OH is 1. The molecule has 1 N–H and O–H groups in total. The van der Waals surface area contributed by atoms with Crippen molar-refractivity contribution in [2.24, 2.45) is 0 Å². The fraction of sp³-hybridized carbons (Fsp3) is 0.538. The lowest BCUT2D eigenvalue weighted by molar-refractivity contribution is 0.221. The summed E-state index contributed by atoms with van der Waals surface area (Å²) in [6.45, 7) is 7.30. The quantitative estimate of drug-likeness (QED) is 0.793. The van der Waals surface area contributed by atoms with Gasteiger partial charge in [0.1, 0.15) is 18.2 Å². The molecule has 96 valence electrons. The van der Waals surface area contributed by atoms with Gasteiger partial charge in [0.05, 0.1) is 6.61 Å². The van der Waals surface area contributed by atoms with E-state index in [4.69, 9.17) is 9.84 Å². The predicted octanol–water partition coefficient (Wildman–Crippen LogP) is 2.04. The van der Waals surface area contributed by atoms with Crippen molar-refractivity contribution < 1.29 is 14.2 Å². The molecule has 0 saturated carbocycles. The first-order valence-corrected chi connectivity index (χ1v) is 5.95. The Labute approximate surface area is 102 Å². The number of halogens is 1. The van der Waals surface area contributed by atoms with E-state index in [1.54, 1.807) is 6.07 Å². The third-order valence-electron chi connectivity index (χ3n) is 2.68. The molecule has 0 atom stereocenters. The van der Waals surface area contributed by atoms with Crippen molar-refractivity contribution in [3.63, 3.8) is 0 Å². The van der Waals surface area contributed by atoms with Gasteiger partial charge in [-0.05, 0) is 30.8 Å². The number of aliphatic hydroxyl groups is 1. The Hall–Kier alpha value is -1.13. The molecule has 0 aliphatic carbocycles. The molecule has 0 unspecified atom stereocenters. The second-order valence-electron chi connectivity index (χ2n) is 3.83. The third-order valence-corrected chi connectivity index (χ3v) is 2.68. The minimum atomic E-state index is -0.380. The first-order valence-electron chi connectivity index (χ1n) is 5.95. The Morgan fingerprint density at radius 1 is 1.24 bits per heavy atom. The summed E-state index contributed by atoms with van der Waals surface area (Å²) < 4.78 is 18.6. The molecule has 4 heteroatoms. The van der Waals surface area contributed by atoms with Crippen LogP contribution in [0.5, 0.6) is 5.75 Å². The fourth-order valence-corrected chi connectivity index (χ4v) is 1.63. The summed E-state index contributed by atoms with van der Waals surface area (Å²) in [7, 11) is 0. The van der Waals surface area contributed by atoms with Crippen LogP contribution in [0.3, 0.4) is 0 Å². The average molecular weight is 241 g/mol. The average Bonchev–Trinajstić information content (AvgIpc) is 2.34. The number of ether oxygens (including phenoxy) is 1. The summed E-state index contributed by atoms with van der Waals surface area (Å²) in [5, 5.41) is 8.95. The zero-order valence-electron chi connectivity index (χ0n) is 10.4. The van der Waals surface area contributed by atoms with Crippen LogP contribution in [0.25, 0.3) is 0 Å². The molecule has 17 heavy (non-hydrogen) atoms. The van der Waals surface area contributed by atoms with Crippen LogP contribution in [-0.4, -0.2) is 36.2 Å². The van der Waals surface area contributed by atoms with E-state index in [2.05, 4.69) is 18.7 Å². The number of likely N-dealkylation sites (N-methyl/N-ethyl adjacent to an activating group) is 1. The highest BCUT2D eigenvalue weighted by atomic mass is 19.1. The summed E-state index contributed by atoms with van der Waals surface area (Å²) in [6.07, 6.45) is 0. The van der Waals surface area contributed by atoms with E-state index in [0.29, 0.717) is 17.9 Å². The maximum absolute atomic E-state index is 13.1. The molecule has 1 rings (SSSR count). The summed E-state index contributed by atoms with van der Waals surface area (Å²) in [5.41, 5.74) is 0.530. The SMILES string of the molecule is CCN(CC)CCOc1cc(F)cc(CO)c1. The van der Waals surface area contributed by atoms with E-state index in [0.717, 1.165) is 19.6 Å². The topological polar surface area (TPSA) is 32.7 Å². The molecule has 0 bridgehead atoms. The molecule has 0 spiro atoms. The van der Waals surface area contributed by atoms with Gasteiger partial charge in [-0.2, -0.15) is 0 Å². The van der Waals surface area contributed by atoms with E-state index >= 15 is 0 Å². The van der Waals surface area contributed by atoms with Gasteiger partial charge >= 0.3 is 0 Å². The monoisotopic (exact) mass is 241 g/mol. The van der Waals surface area contributed by atoms with Gasteiger partial charge < -0.3 is 14.7 Å². The molecule has 1 aromatic rings. The highest BCUT2D eigenvalue weighted by molar-refractivity contribution is 5.29. The van der Waals surface area contributed by atoms with Crippen molar-refractivity contribution >= 4 is 0 Å². The number of benzene rings is 1. The largest absolute Gasteiger partial charge is 0.492 e. The van der Waals surface area contributed by atoms with Crippen molar-refractivity contribution in [2.75, 3.05) is 26.2 Å². The Morgan fingerprint density at radius 2 is 1.94 bits per heavy atom. The standard InChI is InChI=1S/C13H20FNO2/c1-3-15(4-2)5-6-17-13-8-11(10-16)7-12(14)9-13/h7-9,16H,3-6,10H2,1-2H3. The van der Waals surface area contributed by atoms with E-state index in [-0.39, 0.29) is 12.4 Å². The first kappa shape index (κ1) is 13.9. The van der Waals surface area contributed by atoms with Gasteiger partial charge in [0.25, 0.3) is 0 Å². The van der Waals surface area contributed by atoms with Crippen LogP contribution in [-0.2, 0) is 6.61 Å². The van der Waals surface area contributed by atoms with Gasteiger partial charge in [-0.1, -0.05) is 13.8 Å². The highest BCUT2D eigenvalue weighted by Gasteiger charge is 2.03. The summed E-state index contributed by atoms with van der Waals surface area (Å²) in [5.74, 6) is 0.0931. The number of hydrogen-bond donors (Lipinski definition) is 1. The van der Waals surface area contributed by atoms with Crippen molar-refractivity contribution in [3.05, 3.63) is 29.6 Å². The van der Waals surface area contributed by atoms with Crippen molar-refractivity contribution in [1.29, 1.82) is 0 Å². The summed E-state index contributed by atoms with van der Waals surface area (Å²) >= 11 is 0. The van der Waals surface area contributed by atoms with Crippen LogP contribution in [0.4, 0.5) is 4.39 Å². The van der Waals surface area contributed by atoms with Crippen LogP contribution in [0.1, 0.15) is 19.4 Å². The molecule has 0 aliphatic rings. The van der Waals surface area contributed by atoms with Crippen LogP contribution >= 0.6 is 0 Å². The summed E-state index contributed by atoms with van der Waals surface area (Å²) in [4.78, 5) is 2.23. The minimum Gasteiger partial charge on any atom is -0.492 e. The van der Waals surface area contributed by atoms with E-state index in [1.165, 1.54) is 12.1 Å². The van der Waals surface area contributed by atoms with Gasteiger partial charge in [-0.25, -0.2) is 4.39 Å². The van der Waals surface area contributed by atoms with Gasteiger partial charge in [-0.15, -0.1) is 0 Å². The van der Waals surface area contributed by atoms with Gasteiger partial charge in [0.2, 0.25) is 0 Å². The Balaban J connectivity index is 2.48. The van der Waals surface area contributed by atoms with Gasteiger partial charge in [0.15, 0.2) is 0 Å². The first-order chi connectivity index (χ1) is 8.19. The molecule has 0 saturated heterocycles. The predicted molar refractivity (Wildman–Crippen MR) is 65.6 cm³/mol. The molecule has 0 aliphatic heterocycles. The van der Waals surface area contributed by atoms with Crippen LogP contribution in [0.2, 0.25) is 0 Å². The van der Waals surface area contributed by atoms with Crippen LogP contribution in [0, 0.1) is 5.82 Å². The summed E-state index contributed by atoms with van der Waals surface area (Å²) in [6, 6.07) is 4.30. The second-order valence-corrected chi connectivity index (χ2v) is 3.83. The molecular weight excluding hydrogens is 221 g/mol. The Bertz CT molecular complexity index is 340. The molecule has 0 amide bonds. The molecule has 3 nitrogen and oxygen atoms in total. The molecular formula is C13H20FNO2. The lowest BCUT2D eigenvalue weighted by Gasteiger charge is -2.18. The lowest BCUT2D eigenvalue weighted by Crippen LogP contribution is -2.27. The van der Waals surface area contributed by atoms with Crippen molar-refractivity contribution in [3.8, 4) is 5.75 Å². The maximum atomic E-state index is 13.1.